The molecule has 1 aliphatic rings. The molecule has 0 saturated carbocycles. The highest BCUT2D eigenvalue weighted by atomic mass is 16.5. The van der Waals surface area contributed by atoms with Crippen LogP contribution in [0.2, 0.25) is 0 Å². The molecule has 2 aromatic rings. The van der Waals surface area contributed by atoms with E-state index in [1.807, 2.05) is 42.5 Å². The summed E-state index contributed by atoms with van der Waals surface area (Å²) in [5.74, 6) is 0.372. The summed E-state index contributed by atoms with van der Waals surface area (Å²) in [6.07, 6.45) is -0.654. The number of rotatable bonds is 8. The molecule has 1 N–H and O–H groups in total. The summed E-state index contributed by atoms with van der Waals surface area (Å²) in [5, 5.41) is 2.69. The second-order valence-electron chi connectivity index (χ2n) is 7.23. The lowest BCUT2D eigenvalue weighted by Crippen LogP contribution is -2.51. The van der Waals surface area contributed by atoms with Crippen molar-refractivity contribution in [2.45, 2.75) is 19.6 Å². The Kier molecular flexibility index (Phi) is 7.68. The fourth-order valence-electron chi connectivity index (χ4n) is 3.33. The van der Waals surface area contributed by atoms with E-state index in [-0.39, 0.29) is 18.4 Å². The molecule has 160 valence electrons. The highest BCUT2D eigenvalue weighted by Gasteiger charge is 2.22. The summed E-state index contributed by atoms with van der Waals surface area (Å²) in [4.78, 5) is 28.8. The maximum Gasteiger partial charge on any atom is 0.249 e. The zero-order valence-corrected chi connectivity index (χ0v) is 17.5. The van der Waals surface area contributed by atoms with Gasteiger partial charge in [-0.3, -0.25) is 9.59 Å². The molecule has 0 radical (unpaired) electrons. The Balaban J connectivity index is 1.38. The van der Waals surface area contributed by atoms with Crippen LogP contribution in [0.1, 0.15) is 12.5 Å². The predicted octanol–water partition coefficient (Wildman–Crippen LogP) is 2.07. The fraction of sp³-hybridized carbons (Fsp3) is 0.391. The van der Waals surface area contributed by atoms with Gasteiger partial charge in [-0.15, -0.1) is 0 Å². The second-order valence-corrected chi connectivity index (χ2v) is 7.23. The molecule has 0 bridgehead atoms. The van der Waals surface area contributed by atoms with E-state index < -0.39 is 6.10 Å². The number of nitrogens with zero attached hydrogens (tertiary/aromatic N) is 2. The third-order valence-electron chi connectivity index (χ3n) is 5.17. The van der Waals surface area contributed by atoms with Gasteiger partial charge in [-0.2, -0.15) is 0 Å². The molecule has 0 aliphatic carbocycles. The van der Waals surface area contributed by atoms with Crippen LogP contribution in [0, 0.1) is 0 Å². The third-order valence-corrected chi connectivity index (χ3v) is 5.17. The maximum absolute atomic E-state index is 12.5. The average Bonchev–Trinajstić information content (AvgIpc) is 2.81. The van der Waals surface area contributed by atoms with Crippen molar-refractivity contribution in [1.29, 1.82) is 0 Å². The van der Waals surface area contributed by atoms with E-state index in [0.29, 0.717) is 19.7 Å². The molecule has 1 unspecified atom stereocenters. The Hall–Kier alpha value is -3.06. The van der Waals surface area contributed by atoms with Gasteiger partial charge in [0, 0.05) is 31.9 Å². The van der Waals surface area contributed by atoms with Crippen molar-refractivity contribution >= 4 is 17.5 Å². The zero-order chi connectivity index (χ0) is 21.3. The van der Waals surface area contributed by atoms with E-state index in [2.05, 4.69) is 22.3 Å². The summed E-state index contributed by atoms with van der Waals surface area (Å²) >= 11 is 0. The van der Waals surface area contributed by atoms with Gasteiger partial charge in [-0.1, -0.05) is 30.3 Å². The van der Waals surface area contributed by atoms with Crippen LogP contribution in [0.25, 0.3) is 0 Å². The number of para-hydroxylation sites is 1. The van der Waals surface area contributed by atoms with E-state index in [9.17, 15) is 9.59 Å². The first-order chi connectivity index (χ1) is 14.6. The summed E-state index contributed by atoms with van der Waals surface area (Å²) in [6, 6.07) is 17.7. The molecule has 1 saturated heterocycles. The summed E-state index contributed by atoms with van der Waals surface area (Å²) < 4.78 is 10.8. The minimum absolute atomic E-state index is 0.0168. The Morgan fingerprint density at radius 3 is 2.47 bits per heavy atom. The van der Waals surface area contributed by atoms with Crippen molar-refractivity contribution in [3.63, 3.8) is 0 Å². The zero-order valence-electron chi connectivity index (χ0n) is 17.5. The number of piperazine rings is 1. The van der Waals surface area contributed by atoms with Crippen molar-refractivity contribution in [3.05, 3.63) is 60.2 Å². The lowest BCUT2D eigenvalue weighted by atomic mass is 10.2. The molecule has 7 heteroatoms. The van der Waals surface area contributed by atoms with Crippen molar-refractivity contribution in [2.24, 2.45) is 0 Å². The van der Waals surface area contributed by atoms with Gasteiger partial charge in [-0.25, -0.2) is 0 Å². The van der Waals surface area contributed by atoms with Crippen LogP contribution in [0.3, 0.4) is 0 Å². The van der Waals surface area contributed by atoms with Gasteiger partial charge >= 0.3 is 0 Å². The van der Waals surface area contributed by atoms with Gasteiger partial charge in [0.1, 0.15) is 11.9 Å². The quantitative estimate of drug-likeness (QED) is 0.720. The minimum Gasteiger partial charge on any atom is -0.497 e. The molecule has 7 nitrogen and oxygen atoms in total. The number of carbonyl (C=O) groups is 2. The predicted molar refractivity (Wildman–Crippen MR) is 115 cm³/mol. The second kappa shape index (κ2) is 10.6. The minimum atomic E-state index is -0.654. The molecule has 0 aromatic heterocycles. The number of benzene rings is 2. The van der Waals surface area contributed by atoms with Crippen LogP contribution in [0.15, 0.2) is 54.6 Å². The number of anilines is 1. The summed E-state index contributed by atoms with van der Waals surface area (Å²) in [7, 11) is 1.61. The number of carbonyl (C=O) groups excluding carboxylic acids is 2. The lowest BCUT2D eigenvalue weighted by molar-refractivity contribution is -0.137. The molecule has 1 aliphatic heterocycles. The molecule has 0 spiro atoms. The molecule has 1 heterocycles. The first-order valence-corrected chi connectivity index (χ1v) is 10.2. The van der Waals surface area contributed by atoms with E-state index >= 15 is 0 Å². The van der Waals surface area contributed by atoms with Crippen LogP contribution in [-0.4, -0.2) is 62.7 Å². The Labute approximate surface area is 177 Å². The highest BCUT2D eigenvalue weighted by molar-refractivity contribution is 5.86. The lowest BCUT2D eigenvalue weighted by Gasteiger charge is -2.36. The Morgan fingerprint density at radius 1 is 1.03 bits per heavy atom. The van der Waals surface area contributed by atoms with Crippen LogP contribution in [0.4, 0.5) is 5.69 Å². The summed E-state index contributed by atoms with van der Waals surface area (Å²) in [6.45, 7) is 4.81. The van der Waals surface area contributed by atoms with Crippen LogP contribution < -0.4 is 15.0 Å². The molecule has 1 fully saturated rings. The first-order valence-electron chi connectivity index (χ1n) is 10.2. The Morgan fingerprint density at radius 2 is 1.77 bits per heavy atom. The highest BCUT2D eigenvalue weighted by Crippen LogP contribution is 2.16. The number of ether oxygens (including phenoxy) is 2. The fourth-order valence-corrected chi connectivity index (χ4v) is 3.33. The average molecular weight is 412 g/mol. The van der Waals surface area contributed by atoms with Crippen molar-refractivity contribution in [3.8, 4) is 5.75 Å². The van der Waals surface area contributed by atoms with Gasteiger partial charge in [0.05, 0.1) is 20.3 Å². The Bertz CT molecular complexity index is 835. The number of hydrogen-bond donors (Lipinski definition) is 1. The molecule has 2 aromatic carbocycles. The number of methoxy groups -OCH3 is 1. The van der Waals surface area contributed by atoms with E-state index in [1.54, 1.807) is 18.9 Å². The molecule has 1 atom stereocenters. The topological polar surface area (TPSA) is 71.1 Å². The molecular formula is C23H29N3O4. The molecule has 30 heavy (non-hydrogen) atoms. The van der Waals surface area contributed by atoms with Gasteiger partial charge in [0.15, 0.2) is 0 Å². The number of nitrogens with one attached hydrogen (secondary N) is 1. The van der Waals surface area contributed by atoms with E-state index in [0.717, 1.165) is 24.4 Å². The molecular weight excluding hydrogens is 382 g/mol. The maximum atomic E-state index is 12.5. The van der Waals surface area contributed by atoms with E-state index in [4.69, 9.17) is 9.47 Å². The molecule has 2 amide bonds. The smallest absolute Gasteiger partial charge is 0.249 e. The largest absolute Gasteiger partial charge is 0.497 e. The van der Waals surface area contributed by atoms with Crippen molar-refractivity contribution in [2.75, 3.05) is 44.7 Å². The summed E-state index contributed by atoms with van der Waals surface area (Å²) in [5.41, 5.74) is 2.08. The van der Waals surface area contributed by atoms with Gasteiger partial charge in [0.2, 0.25) is 11.8 Å². The normalized spacial score (nSPS) is 14.9. The SMILES string of the molecule is COc1cccc(COC(C)C(=O)NCC(=O)N2CCN(c3ccccc3)CC2)c1. The first kappa shape index (κ1) is 21.6. The van der Waals surface area contributed by atoms with Crippen LogP contribution in [0.5, 0.6) is 5.75 Å². The standard InChI is InChI=1S/C23H29N3O4/c1-18(30-17-19-7-6-10-21(15-19)29-2)23(28)24-16-22(27)26-13-11-25(12-14-26)20-8-4-3-5-9-20/h3-10,15,18H,11-14,16-17H2,1-2H3,(H,24,28). The monoisotopic (exact) mass is 411 g/mol. The van der Waals surface area contributed by atoms with Crippen molar-refractivity contribution in [1.82, 2.24) is 10.2 Å². The number of hydrogen-bond acceptors (Lipinski definition) is 5. The van der Waals surface area contributed by atoms with Crippen molar-refractivity contribution < 1.29 is 19.1 Å². The van der Waals surface area contributed by atoms with Crippen LogP contribution in [-0.2, 0) is 20.9 Å². The van der Waals surface area contributed by atoms with Crippen LogP contribution >= 0.6 is 0 Å². The third kappa shape index (κ3) is 5.97. The van der Waals surface area contributed by atoms with Gasteiger partial charge in [0.25, 0.3) is 0 Å². The van der Waals surface area contributed by atoms with Gasteiger partial charge in [-0.05, 0) is 36.8 Å². The van der Waals surface area contributed by atoms with E-state index in [1.165, 1.54) is 5.69 Å². The number of amides is 2. The molecule has 3 rings (SSSR count). The van der Waals surface area contributed by atoms with Gasteiger partial charge < -0.3 is 24.6 Å².